The lowest BCUT2D eigenvalue weighted by Crippen LogP contribution is -2.43. The quantitative estimate of drug-likeness (QED) is 0.638. The van der Waals surface area contributed by atoms with E-state index in [9.17, 15) is 8.42 Å². The zero-order valence-corrected chi connectivity index (χ0v) is 12.6. The van der Waals surface area contributed by atoms with Crippen molar-refractivity contribution in [2.24, 2.45) is 5.84 Å². The molecule has 0 spiro atoms. The molecule has 1 saturated heterocycles. The van der Waals surface area contributed by atoms with Gasteiger partial charge in [-0.2, -0.15) is 4.31 Å². The molecule has 0 amide bonds. The molecule has 1 fully saturated rings. The van der Waals surface area contributed by atoms with Crippen LogP contribution in [0.5, 0.6) is 0 Å². The van der Waals surface area contributed by atoms with Gasteiger partial charge in [0.1, 0.15) is 4.90 Å². The fourth-order valence-electron chi connectivity index (χ4n) is 2.75. The van der Waals surface area contributed by atoms with Gasteiger partial charge in [-0.05, 0) is 31.4 Å². The number of nitrogen functional groups attached to an aromatic ring is 1. The second-order valence-electron chi connectivity index (χ2n) is 5.05. The van der Waals surface area contributed by atoms with Gasteiger partial charge in [0, 0.05) is 18.8 Å². The maximum absolute atomic E-state index is 12.8. The summed E-state index contributed by atoms with van der Waals surface area (Å²) >= 11 is 0. The van der Waals surface area contributed by atoms with Gasteiger partial charge in [0.25, 0.3) is 0 Å². The highest BCUT2D eigenvalue weighted by Crippen LogP contribution is 2.29. The molecule has 0 radical (unpaired) electrons. The Bertz CT molecular complexity index is 545. The minimum atomic E-state index is -3.55. The predicted molar refractivity (Wildman–Crippen MR) is 78.5 cm³/mol. The van der Waals surface area contributed by atoms with Crippen molar-refractivity contribution in [1.82, 2.24) is 9.29 Å². The average molecular weight is 298 g/mol. The average Bonchev–Trinajstić information content (AvgIpc) is 2.48. The van der Waals surface area contributed by atoms with Gasteiger partial charge in [-0.3, -0.25) is 0 Å². The van der Waals surface area contributed by atoms with E-state index in [1.807, 2.05) is 0 Å². The van der Waals surface area contributed by atoms with Crippen molar-refractivity contribution in [2.75, 3.05) is 12.0 Å². The van der Waals surface area contributed by atoms with Crippen molar-refractivity contribution in [1.29, 1.82) is 0 Å². The molecule has 6 nitrogen and oxygen atoms in total. The molecule has 0 aliphatic carbocycles. The molecule has 1 aromatic heterocycles. The number of sulfonamides is 1. The van der Waals surface area contributed by atoms with Crippen LogP contribution in [0.15, 0.2) is 23.2 Å². The van der Waals surface area contributed by atoms with Gasteiger partial charge in [-0.15, -0.1) is 0 Å². The Balaban J connectivity index is 2.37. The Kier molecular flexibility index (Phi) is 4.95. The molecule has 0 aromatic carbocycles. The summed E-state index contributed by atoms with van der Waals surface area (Å²) in [6.45, 7) is 2.66. The van der Waals surface area contributed by atoms with Gasteiger partial charge < -0.3 is 5.43 Å². The first-order valence-corrected chi connectivity index (χ1v) is 8.48. The lowest BCUT2D eigenvalue weighted by molar-refractivity contribution is 0.239. The summed E-state index contributed by atoms with van der Waals surface area (Å²) in [5.74, 6) is 5.58. The number of nitrogens with one attached hydrogen (secondary N) is 1. The summed E-state index contributed by atoms with van der Waals surface area (Å²) in [6, 6.07) is 3.26. The third kappa shape index (κ3) is 2.94. The number of anilines is 1. The van der Waals surface area contributed by atoms with E-state index in [0.29, 0.717) is 6.54 Å². The topological polar surface area (TPSA) is 88.3 Å². The standard InChI is InChI=1S/C13H22N4O2S/c1-2-6-11-7-3-4-10-17(11)20(18,19)12-8-5-9-15-13(12)16-14/h5,8-9,11H,2-4,6-7,10,14H2,1H3,(H,15,16). The summed E-state index contributed by atoms with van der Waals surface area (Å²) in [4.78, 5) is 4.15. The first-order chi connectivity index (χ1) is 9.61. The van der Waals surface area contributed by atoms with E-state index in [0.717, 1.165) is 32.1 Å². The maximum Gasteiger partial charge on any atom is 0.247 e. The molecule has 1 aromatic rings. The normalized spacial score (nSPS) is 20.8. The first kappa shape index (κ1) is 15.2. The number of aromatic nitrogens is 1. The first-order valence-electron chi connectivity index (χ1n) is 7.04. The number of rotatable bonds is 5. The molecule has 1 aliphatic heterocycles. The van der Waals surface area contributed by atoms with Crippen LogP contribution in [0.4, 0.5) is 5.82 Å². The second-order valence-corrected chi connectivity index (χ2v) is 6.91. The predicted octanol–water partition coefficient (Wildman–Crippen LogP) is 1.71. The van der Waals surface area contributed by atoms with Crippen molar-refractivity contribution < 1.29 is 8.42 Å². The molecule has 112 valence electrons. The van der Waals surface area contributed by atoms with E-state index in [-0.39, 0.29) is 16.8 Å². The van der Waals surface area contributed by atoms with E-state index >= 15 is 0 Å². The molecule has 0 bridgehead atoms. The van der Waals surface area contributed by atoms with Crippen molar-refractivity contribution in [3.8, 4) is 0 Å². The zero-order valence-electron chi connectivity index (χ0n) is 11.7. The van der Waals surface area contributed by atoms with Crippen LogP contribution >= 0.6 is 0 Å². The van der Waals surface area contributed by atoms with Gasteiger partial charge in [0.15, 0.2) is 5.82 Å². The van der Waals surface area contributed by atoms with Crippen LogP contribution < -0.4 is 11.3 Å². The fourth-order valence-corrected chi connectivity index (χ4v) is 4.58. The highest BCUT2D eigenvalue weighted by Gasteiger charge is 2.34. The SMILES string of the molecule is CCCC1CCCCN1S(=O)(=O)c1cccnc1NN. The van der Waals surface area contributed by atoms with E-state index in [4.69, 9.17) is 5.84 Å². The van der Waals surface area contributed by atoms with Crippen LogP contribution in [-0.4, -0.2) is 30.3 Å². The van der Waals surface area contributed by atoms with Gasteiger partial charge in [0.05, 0.1) is 0 Å². The number of hydrazine groups is 1. The van der Waals surface area contributed by atoms with Crippen LogP contribution in [0.3, 0.4) is 0 Å². The number of nitrogens with zero attached hydrogens (tertiary/aromatic N) is 2. The smallest absolute Gasteiger partial charge is 0.247 e. The molecule has 2 heterocycles. The lowest BCUT2D eigenvalue weighted by atomic mass is 10.0. The molecule has 1 unspecified atom stereocenters. The fraction of sp³-hybridized carbons (Fsp3) is 0.615. The van der Waals surface area contributed by atoms with Crippen LogP contribution in [0.25, 0.3) is 0 Å². The maximum atomic E-state index is 12.8. The minimum absolute atomic E-state index is 0.0876. The number of piperidine rings is 1. The van der Waals surface area contributed by atoms with Crippen molar-refractivity contribution in [3.63, 3.8) is 0 Å². The number of hydrogen-bond acceptors (Lipinski definition) is 5. The van der Waals surface area contributed by atoms with Crippen molar-refractivity contribution in [2.45, 2.75) is 50.0 Å². The van der Waals surface area contributed by atoms with Crippen LogP contribution in [0.2, 0.25) is 0 Å². The molecule has 3 N–H and O–H groups in total. The Hall–Kier alpha value is -1.18. The molecular formula is C13H22N4O2S. The van der Waals surface area contributed by atoms with Crippen LogP contribution in [0, 0.1) is 0 Å². The molecule has 1 aliphatic rings. The highest BCUT2D eigenvalue weighted by molar-refractivity contribution is 7.89. The van der Waals surface area contributed by atoms with Crippen molar-refractivity contribution in [3.05, 3.63) is 18.3 Å². The van der Waals surface area contributed by atoms with E-state index < -0.39 is 10.0 Å². The zero-order chi connectivity index (χ0) is 14.6. The largest absolute Gasteiger partial charge is 0.307 e. The van der Waals surface area contributed by atoms with Crippen molar-refractivity contribution >= 4 is 15.8 Å². The minimum Gasteiger partial charge on any atom is -0.307 e. The second kappa shape index (κ2) is 6.51. The van der Waals surface area contributed by atoms with Crippen LogP contribution in [-0.2, 0) is 10.0 Å². The summed E-state index contributed by atoms with van der Waals surface area (Å²) in [5, 5.41) is 0. The molecule has 0 saturated carbocycles. The monoisotopic (exact) mass is 298 g/mol. The van der Waals surface area contributed by atoms with Gasteiger partial charge in [0.2, 0.25) is 10.0 Å². The highest BCUT2D eigenvalue weighted by atomic mass is 32.2. The van der Waals surface area contributed by atoms with E-state index in [1.54, 1.807) is 16.4 Å². The van der Waals surface area contributed by atoms with Gasteiger partial charge >= 0.3 is 0 Å². The summed E-state index contributed by atoms with van der Waals surface area (Å²) in [5.41, 5.74) is 2.37. The number of hydrogen-bond donors (Lipinski definition) is 2. The molecule has 2 rings (SSSR count). The summed E-state index contributed by atoms with van der Waals surface area (Å²) in [7, 11) is -3.55. The Labute approximate surface area is 120 Å². The number of nitrogens with two attached hydrogens (primary N) is 1. The summed E-state index contributed by atoms with van der Waals surface area (Å²) < 4.78 is 27.3. The van der Waals surface area contributed by atoms with Gasteiger partial charge in [-0.1, -0.05) is 19.8 Å². The summed E-state index contributed by atoms with van der Waals surface area (Å²) in [6.07, 6.45) is 6.32. The third-order valence-corrected chi connectivity index (χ3v) is 5.67. The van der Waals surface area contributed by atoms with Crippen LogP contribution in [0.1, 0.15) is 39.0 Å². The molecule has 7 heteroatoms. The van der Waals surface area contributed by atoms with E-state index in [2.05, 4.69) is 17.3 Å². The molecular weight excluding hydrogens is 276 g/mol. The Morgan fingerprint density at radius 3 is 3.00 bits per heavy atom. The van der Waals surface area contributed by atoms with Gasteiger partial charge in [-0.25, -0.2) is 19.2 Å². The van der Waals surface area contributed by atoms with E-state index in [1.165, 1.54) is 6.20 Å². The molecule has 20 heavy (non-hydrogen) atoms. The Morgan fingerprint density at radius 2 is 2.30 bits per heavy atom. The third-order valence-electron chi connectivity index (χ3n) is 3.69. The lowest BCUT2D eigenvalue weighted by Gasteiger charge is -2.34. The Morgan fingerprint density at radius 1 is 1.50 bits per heavy atom. The number of pyridine rings is 1. The molecule has 1 atom stereocenters.